The minimum Gasteiger partial charge on any atom is -0.456 e. The first-order chi connectivity index (χ1) is 25.3. The third kappa shape index (κ3) is 4.22. The lowest BCUT2D eigenvalue weighted by Crippen LogP contribution is -1.99. The minimum atomic E-state index is 0.893. The van der Waals surface area contributed by atoms with E-state index in [9.17, 15) is 0 Å². The zero-order chi connectivity index (χ0) is 33.5. The van der Waals surface area contributed by atoms with Gasteiger partial charge in [0.25, 0.3) is 0 Å². The zero-order valence-corrected chi connectivity index (χ0v) is 27.7. The third-order valence-corrected chi connectivity index (χ3v) is 10.8. The molecule has 0 amide bonds. The Kier molecular flexibility index (Phi) is 6.02. The van der Waals surface area contributed by atoms with E-state index in [1.165, 1.54) is 87.4 Å². The summed E-state index contributed by atoms with van der Waals surface area (Å²) in [5.74, 6) is 1.79. The molecule has 1 heterocycles. The van der Waals surface area contributed by atoms with Gasteiger partial charge in [0.05, 0.1) is 0 Å². The SMILES string of the molecule is c1ccc(-c2ccc3c(c2)-c2cccc4c(-c5c6ccccc6c(-c6ccc7ccccc7c6)c6ccc7ccccc7c56)ccc(c24)O3)cc1. The van der Waals surface area contributed by atoms with Crippen molar-refractivity contribution in [3.8, 4) is 56.0 Å². The molecule has 10 aromatic rings. The molecule has 0 atom stereocenters. The number of ether oxygens (including phenoxy) is 1. The van der Waals surface area contributed by atoms with E-state index in [-0.39, 0.29) is 0 Å². The lowest BCUT2D eigenvalue weighted by atomic mass is 9.82. The first kappa shape index (κ1) is 28.2. The van der Waals surface area contributed by atoms with Gasteiger partial charge in [-0.3, -0.25) is 0 Å². The van der Waals surface area contributed by atoms with Crippen LogP contribution in [0, 0.1) is 0 Å². The number of rotatable bonds is 3. The second-order valence-electron chi connectivity index (χ2n) is 13.6. The lowest BCUT2D eigenvalue weighted by molar-refractivity contribution is 0.487. The van der Waals surface area contributed by atoms with Crippen molar-refractivity contribution in [1.29, 1.82) is 0 Å². The predicted molar refractivity (Wildman–Crippen MR) is 216 cm³/mol. The van der Waals surface area contributed by atoms with E-state index in [2.05, 4.69) is 182 Å². The van der Waals surface area contributed by atoms with Crippen LogP contribution in [-0.2, 0) is 0 Å². The predicted octanol–water partition coefficient (Wildman–Crippen LogP) is 14.2. The van der Waals surface area contributed by atoms with E-state index in [1.807, 2.05) is 0 Å². The van der Waals surface area contributed by atoms with Gasteiger partial charge >= 0.3 is 0 Å². The summed E-state index contributed by atoms with van der Waals surface area (Å²) >= 11 is 0. The summed E-state index contributed by atoms with van der Waals surface area (Å²) in [6.45, 7) is 0. The summed E-state index contributed by atoms with van der Waals surface area (Å²) in [5.41, 5.74) is 9.68. The van der Waals surface area contributed by atoms with Gasteiger partial charge in [0.15, 0.2) is 0 Å². The van der Waals surface area contributed by atoms with E-state index < -0.39 is 0 Å². The Balaban J connectivity index is 1.25. The second kappa shape index (κ2) is 10.9. The normalized spacial score (nSPS) is 12.1. The summed E-state index contributed by atoms with van der Waals surface area (Å²) in [7, 11) is 0. The van der Waals surface area contributed by atoms with E-state index in [1.54, 1.807) is 0 Å². The van der Waals surface area contributed by atoms with Gasteiger partial charge < -0.3 is 4.74 Å². The van der Waals surface area contributed by atoms with E-state index in [4.69, 9.17) is 4.74 Å². The maximum atomic E-state index is 6.69. The quantitative estimate of drug-likeness (QED) is 0.137. The van der Waals surface area contributed by atoms with Crippen molar-refractivity contribution in [2.45, 2.75) is 0 Å². The Labute approximate surface area is 295 Å². The molecule has 1 aliphatic heterocycles. The van der Waals surface area contributed by atoms with Crippen LogP contribution in [0.25, 0.3) is 98.4 Å². The molecule has 11 rings (SSSR count). The summed E-state index contributed by atoms with van der Waals surface area (Å²) in [4.78, 5) is 0. The smallest absolute Gasteiger partial charge is 0.135 e. The molecule has 0 N–H and O–H groups in total. The van der Waals surface area contributed by atoms with Crippen molar-refractivity contribution in [3.05, 3.63) is 182 Å². The van der Waals surface area contributed by atoms with Crippen LogP contribution in [0.4, 0.5) is 0 Å². The Hall–Kier alpha value is -6.70. The summed E-state index contributed by atoms with van der Waals surface area (Å²) in [6, 6.07) is 66.3. The fourth-order valence-corrected chi connectivity index (χ4v) is 8.54. The molecule has 1 nitrogen and oxygen atoms in total. The van der Waals surface area contributed by atoms with Crippen molar-refractivity contribution in [3.63, 3.8) is 0 Å². The maximum Gasteiger partial charge on any atom is 0.135 e. The second-order valence-corrected chi connectivity index (χ2v) is 13.6. The molecule has 0 radical (unpaired) electrons. The highest BCUT2D eigenvalue weighted by Crippen LogP contribution is 2.52. The molecule has 0 bridgehead atoms. The van der Waals surface area contributed by atoms with Crippen LogP contribution in [-0.4, -0.2) is 0 Å². The molecule has 0 saturated carbocycles. The van der Waals surface area contributed by atoms with Gasteiger partial charge in [0, 0.05) is 10.9 Å². The van der Waals surface area contributed by atoms with Crippen molar-refractivity contribution in [1.82, 2.24) is 0 Å². The number of hydrogen-bond donors (Lipinski definition) is 0. The van der Waals surface area contributed by atoms with Crippen molar-refractivity contribution < 1.29 is 4.74 Å². The van der Waals surface area contributed by atoms with Gasteiger partial charge in [0.2, 0.25) is 0 Å². The van der Waals surface area contributed by atoms with Gasteiger partial charge in [0.1, 0.15) is 11.5 Å². The Morgan fingerprint density at radius 3 is 1.80 bits per heavy atom. The van der Waals surface area contributed by atoms with Crippen molar-refractivity contribution in [2.75, 3.05) is 0 Å². The fraction of sp³-hybridized carbons (Fsp3) is 0. The summed E-state index contributed by atoms with van der Waals surface area (Å²) < 4.78 is 6.69. The fourth-order valence-electron chi connectivity index (χ4n) is 8.54. The number of hydrogen-bond acceptors (Lipinski definition) is 1. The van der Waals surface area contributed by atoms with Gasteiger partial charge in [-0.2, -0.15) is 0 Å². The third-order valence-electron chi connectivity index (χ3n) is 10.8. The van der Waals surface area contributed by atoms with Crippen LogP contribution < -0.4 is 4.74 Å². The Morgan fingerprint density at radius 2 is 0.941 bits per heavy atom. The van der Waals surface area contributed by atoms with Gasteiger partial charge in [-0.1, -0.05) is 152 Å². The van der Waals surface area contributed by atoms with Crippen LogP contribution >= 0.6 is 0 Å². The monoisotopic (exact) mass is 646 g/mol. The number of benzene rings is 10. The number of fused-ring (bicyclic) bond motifs is 7. The topological polar surface area (TPSA) is 9.23 Å². The highest BCUT2D eigenvalue weighted by molar-refractivity contribution is 6.30. The molecule has 1 aliphatic rings. The minimum absolute atomic E-state index is 0.893. The van der Waals surface area contributed by atoms with E-state index >= 15 is 0 Å². The molecule has 236 valence electrons. The highest BCUT2D eigenvalue weighted by Gasteiger charge is 2.25. The average Bonchev–Trinajstić information content (AvgIpc) is 3.20. The van der Waals surface area contributed by atoms with Gasteiger partial charge in [-0.15, -0.1) is 0 Å². The van der Waals surface area contributed by atoms with E-state index in [0.717, 1.165) is 22.4 Å². The van der Waals surface area contributed by atoms with Crippen molar-refractivity contribution >= 4 is 53.9 Å². The van der Waals surface area contributed by atoms with Gasteiger partial charge in [-0.05, 0) is 118 Å². The first-order valence-electron chi connectivity index (χ1n) is 17.6. The summed E-state index contributed by atoms with van der Waals surface area (Å²) in [6.07, 6.45) is 0. The lowest BCUT2D eigenvalue weighted by Gasteiger charge is -2.25. The molecule has 10 aromatic carbocycles. The maximum absolute atomic E-state index is 6.69. The van der Waals surface area contributed by atoms with Crippen molar-refractivity contribution in [2.24, 2.45) is 0 Å². The standard InChI is InChI=1S/C50H30O/c1-2-11-31(12-3-1)35-24-27-45-44(30-35)41-20-10-19-39-42(26-28-46(51-45)48(39)41)50-40-18-9-8-17-38(40)47(36-22-21-32-13-4-5-15-34(32)29-36)43-25-23-33-14-6-7-16-37(33)49(43)50/h1-30H. The molecule has 0 fully saturated rings. The molecule has 51 heavy (non-hydrogen) atoms. The largest absolute Gasteiger partial charge is 0.456 e. The van der Waals surface area contributed by atoms with Crippen LogP contribution in [0.1, 0.15) is 0 Å². The van der Waals surface area contributed by atoms with Crippen LogP contribution in [0.15, 0.2) is 182 Å². The first-order valence-corrected chi connectivity index (χ1v) is 17.6. The molecule has 0 aromatic heterocycles. The molecule has 1 heteroatoms. The van der Waals surface area contributed by atoms with Gasteiger partial charge in [-0.25, -0.2) is 0 Å². The van der Waals surface area contributed by atoms with Crippen LogP contribution in [0.2, 0.25) is 0 Å². The molecule has 0 aliphatic carbocycles. The molecular weight excluding hydrogens is 617 g/mol. The molecule has 0 spiro atoms. The molecule has 0 saturated heterocycles. The summed E-state index contributed by atoms with van der Waals surface area (Å²) in [5, 5.41) is 12.4. The Bertz CT molecular complexity index is 3040. The molecule has 0 unspecified atom stereocenters. The average molecular weight is 647 g/mol. The molecular formula is C50H30O. The van der Waals surface area contributed by atoms with E-state index in [0.29, 0.717) is 0 Å². The van der Waals surface area contributed by atoms with Crippen LogP contribution in [0.3, 0.4) is 0 Å². The zero-order valence-electron chi connectivity index (χ0n) is 27.7. The van der Waals surface area contributed by atoms with Crippen LogP contribution in [0.5, 0.6) is 11.5 Å². The highest BCUT2D eigenvalue weighted by atomic mass is 16.5. The Morgan fingerprint density at radius 1 is 0.275 bits per heavy atom.